The predicted molar refractivity (Wildman–Crippen MR) is 105 cm³/mol. The Hall–Kier alpha value is -2.72. The number of carbonyl (C=O) groups is 4. The number of carbonyl (C=O) groups excluding carboxylic acids is 4. The van der Waals surface area contributed by atoms with Gasteiger partial charge >= 0.3 is 5.97 Å². The summed E-state index contributed by atoms with van der Waals surface area (Å²) in [6.45, 7) is 0.825. The standard InChI is InChI=1S/C18H19N3O5S2/c1-10(22)19-17-15(11-5-2-3-6-12(11)28-17)18(25)26-9-14(23)20-21-16(24)13-7-4-8-27-13/h4,7-8H,2-3,5-6,9H2,1H3,(H,19,22)(H,20,23)(H,21,24). The van der Waals surface area contributed by atoms with E-state index in [1.807, 2.05) is 0 Å². The topological polar surface area (TPSA) is 114 Å². The normalized spacial score (nSPS) is 12.6. The summed E-state index contributed by atoms with van der Waals surface area (Å²) < 4.78 is 5.12. The predicted octanol–water partition coefficient (Wildman–Crippen LogP) is 2.26. The second kappa shape index (κ2) is 8.98. The van der Waals surface area contributed by atoms with Gasteiger partial charge in [0.25, 0.3) is 11.8 Å². The van der Waals surface area contributed by atoms with E-state index in [0.717, 1.165) is 36.1 Å². The lowest BCUT2D eigenvalue weighted by Crippen LogP contribution is -2.43. The van der Waals surface area contributed by atoms with Gasteiger partial charge in [-0.15, -0.1) is 22.7 Å². The van der Waals surface area contributed by atoms with E-state index >= 15 is 0 Å². The molecule has 0 bridgehead atoms. The highest BCUT2D eigenvalue weighted by atomic mass is 32.1. The molecule has 2 heterocycles. The number of thiophene rings is 2. The van der Waals surface area contributed by atoms with Crippen LogP contribution in [0, 0.1) is 0 Å². The SMILES string of the molecule is CC(=O)Nc1sc2c(c1C(=O)OCC(=O)NNC(=O)c1cccs1)CCCC2. The number of hydrazine groups is 1. The van der Waals surface area contributed by atoms with Crippen molar-refractivity contribution in [3.05, 3.63) is 38.4 Å². The number of nitrogens with one attached hydrogen (secondary N) is 3. The number of anilines is 1. The molecule has 2 aromatic heterocycles. The van der Waals surface area contributed by atoms with Crippen molar-refractivity contribution in [1.29, 1.82) is 0 Å². The Bertz CT molecular complexity index is 905. The van der Waals surface area contributed by atoms with Crippen molar-refractivity contribution in [3.8, 4) is 0 Å². The number of esters is 1. The first-order chi connectivity index (χ1) is 13.5. The Morgan fingerprint density at radius 2 is 1.93 bits per heavy atom. The monoisotopic (exact) mass is 421 g/mol. The lowest BCUT2D eigenvalue weighted by Gasteiger charge is -2.13. The molecule has 0 saturated heterocycles. The molecule has 0 aliphatic heterocycles. The van der Waals surface area contributed by atoms with E-state index in [4.69, 9.17) is 4.74 Å². The van der Waals surface area contributed by atoms with Gasteiger partial charge in [0.2, 0.25) is 5.91 Å². The van der Waals surface area contributed by atoms with E-state index in [1.54, 1.807) is 17.5 Å². The average molecular weight is 422 g/mol. The van der Waals surface area contributed by atoms with Crippen LogP contribution < -0.4 is 16.2 Å². The van der Waals surface area contributed by atoms with Crippen LogP contribution in [-0.4, -0.2) is 30.3 Å². The fourth-order valence-electron chi connectivity index (χ4n) is 2.86. The average Bonchev–Trinajstić information content (AvgIpc) is 3.31. The summed E-state index contributed by atoms with van der Waals surface area (Å²) in [4.78, 5) is 49.2. The van der Waals surface area contributed by atoms with Crippen molar-refractivity contribution in [2.24, 2.45) is 0 Å². The van der Waals surface area contributed by atoms with Gasteiger partial charge in [0.1, 0.15) is 5.00 Å². The highest BCUT2D eigenvalue weighted by Crippen LogP contribution is 2.38. The van der Waals surface area contributed by atoms with E-state index in [-0.39, 0.29) is 5.91 Å². The zero-order chi connectivity index (χ0) is 20.1. The Kier molecular flexibility index (Phi) is 6.42. The molecule has 3 rings (SSSR count). The number of ether oxygens (including phenoxy) is 1. The number of hydrogen-bond donors (Lipinski definition) is 3. The van der Waals surface area contributed by atoms with Gasteiger partial charge in [-0.2, -0.15) is 0 Å². The number of amides is 3. The van der Waals surface area contributed by atoms with Crippen molar-refractivity contribution in [2.45, 2.75) is 32.6 Å². The molecule has 2 aromatic rings. The summed E-state index contributed by atoms with van der Waals surface area (Å²) >= 11 is 2.61. The van der Waals surface area contributed by atoms with Gasteiger partial charge in [-0.25, -0.2) is 4.79 Å². The van der Waals surface area contributed by atoms with Crippen LogP contribution in [0.5, 0.6) is 0 Å². The summed E-state index contributed by atoms with van der Waals surface area (Å²) in [5, 5.41) is 4.87. The van der Waals surface area contributed by atoms with Gasteiger partial charge in [0, 0.05) is 11.8 Å². The van der Waals surface area contributed by atoms with E-state index in [2.05, 4.69) is 16.2 Å². The Balaban J connectivity index is 1.59. The molecule has 0 spiro atoms. The molecule has 8 nitrogen and oxygen atoms in total. The van der Waals surface area contributed by atoms with Gasteiger partial charge < -0.3 is 10.1 Å². The van der Waals surface area contributed by atoms with Crippen LogP contribution in [0.3, 0.4) is 0 Å². The summed E-state index contributed by atoms with van der Waals surface area (Å²) in [6.07, 6.45) is 3.58. The number of fused-ring (bicyclic) bond motifs is 1. The highest BCUT2D eigenvalue weighted by Gasteiger charge is 2.27. The lowest BCUT2D eigenvalue weighted by molar-refractivity contribution is -0.125. The van der Waals surface area contributed by atoms with E-state index in [0.29, 0.717) is 15.4 Å². The molecule has 0 fully saturated rings. The second-order valence-corrected chi connectivity index (χ2v) is 8.20. The quantitative estimate of drug-likeness (QED) is 0.506. The van der Waals surface area contributed by atoms with Crippen LogP contribution in [-0.2, 0) is 27.2 Å². The third-order valence-electron chi connectivity index (χ3n) is 4.06. The van der Waals surface area contributed by atoms with Crippen molar-refractivity contribution in [3.63, 3.8) is 0 Å². The van der Waals surface area contributed by atoms with Gasteiger partial charge in [-0.05, 0) is 42.7 Å². The molecule has 0 saturated carbocycles. The molecule has 0 atom stereocenters. The minimum Gasteiger partial charge on any atom is -0.452 e. The third-order valence-corrected chi connectivity index (χ3v) is 6.14. The minimum absolute atomic E-state index is 0.276. The van der Waals surface area contributed by atoms with Gasteiger partial charge in [-0.3, -0.25) is 25.2 Å². The van der Waals surface area contributed by atoms with Crippen LogP contribution >= 0.6 is 22.7 Å². The number of aryl methyl sites for hydroxylation is 1. The summed E-state index contributed by atoms with van der Waals surface area (Å²) in [7, 11) is 0. The highest BCUT2D eigenvalue weighted by molar-refractivity contribution is 7.17. The molecule has 1 aliphatic rings. The molecule has 0 unspecified atom stereocenters. The van der Waals surface area contributed by atoms with E-state index in [9.17, 15) is 19.2 Å². The maximum absolute atomic E-state index is 12.6. The summed E-state index contributed by atoms with van der Waals surface area (Å²) in [5.41, 5.74) is 5.67. The van der Waals surface area contributed by atoms with E-state index < -0.39 is 24.4 Å². The minimum atomic E-state index is -0.664. The maximum atomic E-state index is 12.6. The molecule has 3 amide bonds. The van der Waals surface area contributed by atoms with E-state index in [1.165, 1.54) is 29.6 Å². The first-order valence-electron chi connectivity index (χ1n) is 8.67. The fourth-order valence-corrected chi connectivity index (χ4v) is 4.81. The van der Waals surface area contributed by atoms with Gasteiger partial charge in [-0.1, -0.05) is 6.07 Å². The van der Waals surface area contributed by atoms with Crippen molar-refractivity contribution < 1.29 is 23.9 Å². The molecule has 10 heteroatoms. The largest absolute Gasteiger partial charge is 0.452 e. The van der Waals surface area contributed by atoms with Gasteiger partial charge in [0.05, 0.1) is 10.4 Å². The van der Waals surface area contributed by atoms with Crippen molar-refractivity contribution >= 4 is 51.4 Å². The first-order valence-corrected chi connectivity index (χ1v) is 10.4. The van der Waals surface area contributed by atoms with Crippen molar-refractivity contribution in [2.75, 3.05) is 11.9 Å². The molecule has 28 heavy (non-hydrogen) atoms. The molecular formula is C18H19N3O5S2. The van der Waals surface area contributed by atoms with Crippen LogP contribution in [0.25, 0.3) is 0 Å². The molecular weight excluding hydrogens is 402 g/mol. The van der Waals surface area contributed by atoms with Crippen molar-refractivity contribution in [1.82, 2.24) is 10.9 Å². The zero-order valence-corrected chi connectivity index (χ0v) is 16.8. The summed E-state index contributed by atoms with van der Waals surface area (Å²) in [6, 6.07) is 3.34. The van der Waals surface area contributed by atoms with Crippen LogP contribution in [0.1, 0.15) is 50.2 Å². The summed E-state index contributed by atoms with van der Waals surface area (Å²) in [5.74, 6) is -2.05. The lowest BCUT2D eigenvalue weighted by atomic mass is 9.95. The first kappa shape index (κ1) is 20.0. The smallest absolute Gasteiger partial charge is 0.341 e. The maximum Gasteiger partial charge on any atom is 0.341 e. The van der Waals surface area contributed by atoms with Crippen LogP contribution in [0.15, 0.2) is 17.5 Å². The Morgan fingerprint density at radius 1 is 1.14 bits per heavy atom. The molecule has 0 aromatic carbocycles. The third kappa shape index (κ3) is 4.76. The Labute approximate surface area is 169 Å². The van der Waals surface area contributed by atoms with Crippen LogP contribution in [0.4, 0.5) is 5.00 Å². The Morgan fingerprint density at radius 3 is 2.64 bits per heavy atom. The van der Waals surface area contributed by atoms with Gasteiger partial charge in [0.15, 0.2) is 6.61 Å². The molecule has 148 valence electrons. The fraction of sp³-hybridized carbons (Fsp3) is 0.333. The zero-order valence-electron chi connectivity index (χ0n) is 15.1. The number of hydrogen-bond acceptors (Lipinski definition) is 7. The molecule has 3 N–H and O–H groups in total. The second-order valence-electron chi connectivity index (χ2n) is 6.15. The van der Waals surface area contributed by atoms with Crippen LogP contribution in [0.2, 0.25) is 0 Å². The molecule has 1 aliphatic carbocycles. The molecule has 0 radical (unpaired) electrons. The number of rotatable bonds is 5.